The van der Waals surface area contributed by atoms with Crippen LogP contribution in [0.25, 0.3) is 0 Å². The average Bonchev–Trinajstić information content (AvgIpc) is 3.09. The van der Waals surface area contributed by atoms with Gasteiger partial charge in [0.1, 0.15) is 5.82 Å². The van der Waals surface area contributed by atoms with Crippen LogP contribution in [0, 0.1) is 6.92 Å². The molecule has 0 amide bonds. The molecule has 0 N–H and O–H groups in total. The number of nitrogens with zero attached hydrogens (tertiary/aromatic N) is 2. The smallest absolute Gasteiger partial charge is 0.263 e. The largest absolute Gasteiger partial charge is 0.270 e. The van der Waals surface area contributed by atoms with Crippen molar-refractivity contribution in [1.29, 1.82) is 0 Å². The third-order valence-electron chi connectivity index (χ3n) is 4.03. The minimum atomic E-state index is -0.00651. The summed E-state index contributed by atoms with van der Waals surface area (Å²) in [6.45, 7) is 1.84. The summed E-state index contributed by atoms with van der Waals surface area (Å²) in [6, 6.07) is 8.09. The van der Waals surface area contributed by atoms with E-state index < -0.39 is 0 Å². The van der Waals surface area contributed by atoms with Gasteiger partial charge in [-0.15, -0.1) is 0 Å². The van der Waals surface area contributed by atoms with Crippen molar-refractivity contribution in [1.82, 2.24) is 9.55 Å². The maximum absolute atomic E-state index is 12.3. The molecule has 0 saturated heterocycles. The monoisotopic (exact) mass is 254 g/mol. The number of hydrogen-bond acceptors (Lipinski definition) is 2. The molecule has 0 spiro atoms. The first-order chi connectivity index (χ1) is 9.25. The second kappa shape index (κ2) is 5.00. The summed E-state index contributed by atoms with van der Waals surface area (Å²) in [5.41, 5.74) is 2.10. The van der Waals surface area contributed by atoms with E-state index in [0.717, 1.165) is 11.4 Å². The Morgan fingerprint density at radius 1 is 1.21 bits per heavy atom. The third-order valence-corrected chi connectivity index (χ3v) is 4.03. The number of aromatic nitrogens is 2. The van der Waals surface area contributed by atoms with Crippen molar-refractivity contribution in [3.8, 4) is 0 Å². The predicted octanol–water partition coefficient (Wildman–Crippen LogP) is 3.54. The summed E-state index contributed by atoms with van der Waals surface area (Å²) in [5.74, 6) is 1.41. The molecule has 3 rings (SSSR count). The van der Waals surface area contributed by atoms with Crippen LogP contribution < -0.4 is 0 Å². The standard InChI is InChI=1S/C16H18N2O/c1-12-17-10-11-18(12)16(19)15-8-6-14(7-9-15)13-4-2-3-5-13/h6-11,13H,2-5H2,1H3. The van der Waals surface area contributed by atoms with Gasteiger partial charge in [-0.25, -0.2) is 4.98 Å². The number of aryl methyl sites for hydroxylation is 1. The van der Waals surface area contributed by atoms with Crippen LogP contribution in [0.5, 0.6) is 0 Å². The van der Waals surface area contributed by atoms with Crippen molar-refractivity contribution in [3.05, 3.63) is 53.6 Å². The van der Waals surface area contributed by atoms with Gasteiger partial charge in [-0.2, -0.15) is 0 Å². The van der Waals surface area contributed by atoms with Gasteiger partial charge in [0.05, 0.1) is 0 Å². The van der Waals surface area contributed by atoms with E-state index in [1.54, 1.807) is 17.0 Å². The fraction of sp³-hybridized carbons (Fsp3) is 0.375. The summed E-state index contributed by atoms with van der Waals surface area (Å²) in [6.07, 6.45) is 8.60. The molecule has 1 aliphatic carbocycles. The molecule has 1 fully saturated rings. The second-order valence-electron chi connectivity index (χ2n) is 5.25. The number of hydrogen-bond donors (Lipinski definition) is 0. The molecule has 19 heavy (non-hydrogen) atoms. The first-order valence-electron chi connectivity index (χ1n) is 6.90. The number of rotatable bonds is 2. The molecule has 3 nitrogen and oxygen atoms in total. The van der Waals surface area contributed by atoms with Crippen molar-refractivity contribution in [3.63, 3.8) is 0 Å². The van der Waals surface area contributed by atoms with E-state index in [2.05, 4.69) is 17.1 Å². The predicted molar refractivity (Wildman–Crippen MR) is 74.3 cm³/mol. The SMILES string of the molecule is Cc1nccn1C(=O)c1ccc(C2CCCC2)cc1. The lowest BCUT2D eigenvalue weighted by atomic mass is 9.96. The molecule has 1 aliphatic rings. The van der Waals surface area contributed by atoms with Gasteiger partial charge in [0.2, 0.25) is 0 Å². The summed E-state index contributed by atoms with van der Waals surface area (Å²) in [7, 11) is 0. The van der Waals surface area contributed by atoms with Crippen molar-refractivity contribution < 1.29 is 4.79 Å². The summed E-state index contributed by atoms with van der Waals surface area (Å²) in [4.78, 5) is 16.4. The summed E-state index contributed by atoms with van der Waals surface area (Å²) in [5, 5.41) is 0. The van der Waals surface area contributed by atoms with Gasteiger partial charge in [0, 0.05) is 18.0 Å². The molecule has 0 radical (unpaired) electrons. The Kier molecular flexibility index (Phi) is 3.20. The molecule has 0 aliphatic heterocycles. The lowest BCUT2D eigenvalue weighted by Crippen LogP contribution is -2.12. The van der Waals surface area contributed by atoms with Crippen LogP contribution in [0.4, 0.5) is 0 Å². The molecular weight excluding hydrogens is 236 g/mol. The van der Waals surface area contributed by atoms with Gasteiger partial charge in [0.15, 0.2) is 0 Å². The number of benzene rings is 1. The molecule has 1 aromatic heterocycles. The first kappa shape index (κ1) is 12.2. The molecule has 0 unspecified atom stereocenters. The zero-order chi connectivity index (χ0) is 13.2. The topological polar surface area (TPSA) is 34.9 Å². The highest BCUT2D eigenvalue weighted by Crippen LogP contribution is 2.33. The van der Waals surface area contributed by atoms with E-state index >= 15 is 0 Å². The van der Waals surface area contributed by atoms with Gasteiger partial charge in [-0.3, -0.25) is 9.36 Å². The van der Waals surface area contributed by atoms with E-state index in [1.165, 1.54) is 31.2 Å². The van der Waals surface area contributed by atoms with Gasteiger partial charge < -0.3 is 0 Å². The number of imidazole rings is 1. The van der Waals surface area contributed by atoms with Crippen LogP contribution in [-0.4, -0.2) is 15.5 Å². The van der Waals surface area contributed by atoms with E-state index in [0.29, 0.717) is 5.92 Å². The van der Waals surface area contributed by atoms with Crippen LogP contribution in [-0.2, 0) is 0 Å². The highest BCUT2D eigenvalue weighted by Gasteiger charge is 2.17. The van der Waals surface area contributed by atoms with Crippen molar-refractivity contribution in [2.45, 2.75) is 38.5 Å². The van der Waals surface area contributed by atoms with Gasteiger partial charge in [0.25, 0.3) is 5.91 Å². The zero-order valence-electron chi connectivity index (χ0n) is 11.2. The molecule has 0 atom stereocenters. The Balaban J connectivity index is 1.82. The fourth-order valence-corrected chi connectivity index (χ4v) is 2.89. The minimum absolute atomic E-state index is 0.00651. The molecule has 0 bridgehead atoms. The molecule has 2 aromatic rings. The number of carbonyl (C=O) groups is 1. The van der Waals surface area contributed by atoms with Crippen LogP contribution in [0.15, 0.2) is 36.7 Å². The lowest BCUT2D eigenvalue weighted by molar-refractivity contribution is 0.0957. The highest BCUT2D eigenvalue weighted by atomic mass is 16.2. The van der Waals surface area contributed by atoms with E-state index in [-0.39, 0.29) is 5.91 Å². The summed E-state index contributed by atoms with van der Waals surface area (Å²) >= 11 is 0. The first-order valence-corrected chi connectivity index (χ1v) is 6.90. The Labute approximate surface area is 113 Å². The molecule has 1 heterocycles. The Hall–Kier alpha value is -1.90. The molecular formula is C16H18N2O. The Morgan fingerprint density at radius 3 is 2.47 bits per heavy atom. The van der Waals surface area contributed by atoms with Gasteiger partial charge >= 0.3 is 0 Å². The van der Waals surface area contributed by atoms with Crippen LogP contribution in [0.2, 0.25) is 0 Å². The van der Waals surface area contributed by atoms with E-state index in [4.69, 9.17) is 0 Å². The Morgan fingerprint density at radius 2 is 1.89 bits per heavy atom. The Bertz CT molecular complexity index is 577. The van der Waals surface area contributed by atoms with E-state index in [9.17, 15) is 4.79 Å². The van der Waals surface area contributed by atoms with Crippen molar-refractivity contribution in [2.75, 3.05) is 0 Å². The highest BCUT2D eigenvalue weighted by molar-refractivity contribution is 5.96. The normalized spacial score (nSPS) is 15.8. The lowest BCUT2D eigenvalue weighted by Gasteiger charge is -2.10. The molecule has 1 aromatic carbocycles. The average molecular weight is 254 g/mol. The number of carbonyl (C=O) groups excluding carboxylic acids is 1. The van der Waals surface area contributed by atoms with Gasteiger partial charge in [-0.1, -0.05) is 25.0 Å². The van der Waals surface area contributed by atoms with E-state index in [1.807, 2.05) is 19.1 Å². The van der Waals surface area contributed by atoms with Crippen LogP contribution in [0.3, 0.4) is 0 Å². The minimum Gasteiger partial charge on any atom is -0.270 e. The maximum atomic E-state index is 12.3. The maximum Gasteiger partial charge on any atom is 0.263 e. The fourth-order valence-electron chi connectivity index (χ4n) is 2.89. The van der Waals surface area contributed by atoms with Gasteiger partial charge in [-0.05, 0) is 43.4 Å². The molecule has 3 heteroatoms. The zero-order valence-corrected chi connectivity index (χ0v) is 11.2. The van der Waals surface area contributed by atoms with Crippen molar-refractivity contribution >= 4 is 5.91 Å². The molecule has 98 valence electrons. The van der Waals surface area contributed by atoms with Crippen LogP contribution in [0.1, 0.15) is 53.3 Å². The van der Waals surface area contributed by atoms with Crippen LogP contribution >= 0.6 is 0 Å². The van der Waals surface area contributed by atoms with Crippen molar-refractivity contribution in [2.24, 2.45) is 0 Å². The quantitative estimate of drug-likeness (QED) is 0.821. The second-order valence-corrected chi connectivity index (χ2v) is 5.25. The summed E-state index contributed by atoms with van der Waals surface area (Å²) < 4.78 is 1.59. The third kappa shape index (κ3) is 2.33. The molecule has 1 saturated carbocycles.